The maximum absolute atomic E-state index is 9.39. The molecular weight excluding hydrogens is 162 g/mol. The number of hydrogen-bond acceptors (Lipinski definition) is 5. The van der Waals surface area contributed by atoms with Crippen molar-refractivity contribution in [3.8, 4) is 0 Å². The summed E-state index contributed by atoms with van der Waals surface area (Å²) in [4.78, 5) is 1.74. The molecule has 70 valence electrons. The zero-order valence-electron chi connectivity index (χ0n) is 6.54. The Bertz CT molecular complexity index is 188. The van der Waals surface area contributed by atoms with E-state index in [4.69, 9.17) is 5.11 Å². The number of fused-ring (bicyclic) bond motifs is 1. The topological polar surface area (TPSA) is 84.2 Å². The van der Waals surface area contributed by atoms with Crippen LogP contribution in [-0.4, -0.2) is 68.9 Å². The summed E-state index contributed by atoms with van der Waals surface area (Å²) in [6, 6.07) is -0.682. The van der Waals surface area contributed by atoms with E-state index in [9.17, 15) is 15.3 Å². The first-order chi connectivity index (χ1) is 5.66. The van der Waals surface area contributed by atoms with Crippen LogP contribution < -0.4 is 0 Å². The molecule has 0 bridgehead atoms. The highest BCUT2D eigenvalue weighted by atomic mass is 16.3. The third-order valence-corrected chi connectivity index (χ3v) is 2.88. The Labute approximate surface area is 69.9 Å². The van der Waals surface area contributed by atoms with Gasteiger partial charge in [-0.25, -0.2) is 0 Å². The molecular formula is C7H13NO4. The third-order valence-electron chi connectivity index (χ3n) is 2.88. The van der Waals surface area contributed by atoms with Gasteiger partial charge in [-0.2, -0.15) is 0 Å². The van der Waals surface area contributed by atoms with Crippen molar-refractivity contribution in [3.05, 3.63) is 0 Å². The Hall–Kier alpha value is -0.200. The van der Waals surface area contributed by atoms with Crippen molar-refractivity contribution in [3.63, 3.8) is 0 Å². The monoisotopic (exact) mass is 175 g/mol. The minimum atomic E-state index is -0.872. The molecule has 2 aliphatic rings. The molecule has 5 heteroatoms. The van der Waals surface area contributed by atoms with Crippen molar-refractivity contribution < 1.29 is 20.4 Å². The van der Waals surface area contributed by atoms with Crippen molar-refractivity contribution in [1.82, 2.24) is 4.90 Å². The second-order valence-corrected chi connectivity index (χ2v) is 3.49. The highest BCUT2D eigenvalue weighted by molar-refractivity contribution is 5.11. The summed E-state index contributed by atoms with van der Waals surface area (Å²) in [5.74, 6) is 0. The molecule has 4 N–H and O–H groups in total. The quantitative estimate of drug-likeness (QED) is 0.344. The zero-order chi connectivity index (χ0) is 8.88. The molecule has 2 heterocycles. The fourth-order valence-corrected chi connectivity index (χ4v) is 2.16. The van der Waals surface area contributed by atoms with Gasteiger partial charge in [0.25, 0.3) is 0 Å². The van der Waals surface area contributed by atoms with E-state index in [1.165, 1.54) is 0 Å². The molecule has 0 aromatic rings. The first-order valence-electron chi connectivity index (χ1n) is 4.07. The second kappa shape index (κ2) is 2.65. The van der Waals surface area contributed by atoms with Crippen LogP contribution in [0.5, 0.6) is 0 Å². The molecule has 0 unspecified atom stereocenters. The molecule has 0 aliphatic carbocycles. The van der Waals surface area contributed by atoms with Crippen molar-refractivity contribution in [2.75, 3.05) is 13.2 Å². The van der Waals surface area contributed by atoms with Gasteiger partial charge in [0.2, 0.25) is 0 Å². The van der Waals surface area contributed by atoms with E-state index in [0.29, 0.717) is 6.54 Å². The maximum Gasteiger partial charge on any atom is 0.0992 e. The van der Waals surface area contributed by atoms with Crippen LogP contribution in [-0.2, 0) is 0 Å². The molecule has 2 aliphatic heterocycles. The van der Waals surface area contributed by atoms with Crippen LogP contribution in [0.1, 0.15) is 0 Å². The predicted molar refractivity (Wildman–Crippen MR) is 39.4 cm³/mol. The third kappa shape index (κ3) is 0.855. The van der Waals surface area contributed by atoms with Gasteiger partial charge in [-0.05, 0) is 0 Å². The van der Waals surface area contributed by atoms with Gasteiger partial charge in [0.1, 0.15) is 0 Å². The lowest BCUT2D eigenvalue weighted by molar-refractivity contribution is -0.138. The summed E-state index contributed by atoms with van der Waals surface area (Å²) in [5.41, 5.74) is 0. The molecule has 5 atom stereocenters. The highest BCUT2D eigenvalue weighted by Gasteiger charge is 2.57. The van der Waals surface area contributed by atoms with Gasteiger partial charge in [0, 0.05) is 6.54 Å². The lowest BCUT2D eigenvalue weighted by Gasteiger charge is -2.48. The van der Waals surface area contributed by atoms with Crippen molar-refractivity contribution in [2.45, 2.75) is 30.4 Å². The van der Waals surface area contributed by atoms with Crippen LogP contribution in [0, 0.1) is 0 Å². The molecule has 5 nitrogen and oxygen atoms in total. The van der Waals surface area contributed by atoms with Gasteiger partial charge in [-0.3, -0.25) is 4.90 Å². The zero-order valence-corrected chi connectivity index (χ0v) is 6.54. The van der Waals surface area contributed by atoms with E-state index in [1.54, 1.807) is 4.90 Å². The van der Waals surface area contributed by atoms with Crippen molar-refractivity contribution in [2.24, 2.45) is 0 Å². The first kappa shape index (κ1) is 8.40. The number of rotatable bonds is 1. The molecule has 0 aromatic carbocycles. The molecule has 0 aromatic heterocycles. The molecule has 2 rings (SSSR count). The van der Waals surface area contributed by atoms with E-state index in [-0.39, 0.29) is 18.7 Å². The van der Waals surface area contributed by atoms with Crippen molar-refractivity contribution >= 4 is 0 Å². The van der Waals surface area contributed by atoms with E-state index >= 15 is 0 Å². The van der Waals surface area contributed by atoms with E-state index in [0.717, 1.165) is 0 Å². The van der Waals surface area contributed by atoms with Crippen LogP contribution >= 0.6 is 0 Å². The average molecular weight is 175 g/mol. The fourth-order valence-electron chi connectivity index (χ4n) is 2.16. The molecule has 2 fully saturated rings. The van der Waals surface area contributed by atoms with Crippen LogP contribution in [0.2, 0.25) is 0 Å². The molecule has 2 saturated heterocycles. The van der Waals surface area contributed by atoms with Gasteiger partial charge in [-0.1, -0.05) is 0 Å². The van der Waals surface area contributed by atoms with Gasteiger partial charge in [0.15, 0.2) is 0 Å². The Morgan fingerprint density at radius 3 is 2.42 bits per heavy atom. The minimum absolute atomic E-state index is 0.128. The summed E-state index contributed by atoms with van der Waals surface area (Å²) < 4.78 is 0. The second-order valence-electron chi connectivity index (χ2n) is 3.49. The van der Waals surface area contributed by atoms with Gasteiger partial charge >= 0.3 is 0 Å². The number of aliphatic hydroxyl groups is 4. The van der Waals surface area contributed by atoms with E-state index < -0.39 is 18.3 Å². The van der Waals surface area contributed by atoms with Crippen LogP contribution in [0.15, 0.2) is 0 Å². The fraction of sp³-hybridized carbons (Fsp3) is 1.00. The normalized spacial score (nSPS) is 53.5. The maximum atomic E-state index is 9.39. The number of nitrogens with zero attached hydrogens (tertiary/aromatic N) is 1. The summed E-state index contributed by atoms with van der Waals surface area (Å²) in [5, 5.41) is 36.8. The van der Waals surface area contributed by atoms with Crippen LogP contribution in [0.4, 0.5) is 0 Å². The average Bonchev–Trinajstić information content (AvgIpc) is 2.27. The van der Waals surface area contributed by atoms with E-state index in [2.05, 4.69) is 0 Å². The van der Waals surface area contributed by atoms with Crippen LogP contribution in [0.3, 0.4) is 0 Å². The molecule has 0 saturated carbocycles. The summed E-state index contributed by atoms with van der Waals surface area (Å²) in [6.45, 7) is 0.214. The Kier molecular flexibility index (Phi) is 1.85. The minimum Gasteiger partial charge on any atom is -0.395 e. The standard InChI is InChI=1S/C7H13NO4/c9-2-3-6(11)5-7(12)4(10)1-8(3)5/h3-7,9-12H,1-2H2/t3-,4-,5+,6-,7-/m0/s1. The molecule has 0 amide bonds. The Balaban J connectivity index is 2.08. The van der Waals surface area contributed by atoms with Crippen molar-refractivity contribution in [1.29, 1.82) is 0 Å². The predicted octanol–water partition coefficient (Wildman–Crippen LogP) is -2.87. The lowest BCUT2D eigenvalue weighted by atomic mass is 9.89. The molecule has 0 radical (unpaired) electrons. The smallest absolute Gasteiger partial charge is 0.0992 e. The lowest BCUT2D eigenvalue weighted by Crippen LogP contribution is -2.68. The molecule has 12 heavy (non-hydrogen) atoms. The largest absolute Gasteiger partial charge is 0.395 e. The highest BCUT2D eigenvalue weighted by Crippen LogP contribution is 2.35. The van der Waals surface area contributed by atoms with Gasteiger partial charge in [0.05, 0.1) is 37.0 Å². The van der Waals surface area contributed by atoms with Crippen LogP contribution in [0.25, 0.3) is 0 Å². The molecule has 0 spiro atoms. The SMILES string of the molecule is OC[C@H]1[C@H](O)[C@@H]2[C@@H](O)[C@@H](O)CN21. The summed E-state index contributed by atoms with van der Waals surface area (Å²) in [6.07, 6.45) is -2.37. The number of hydrogen-bond donors (Lipinski definition) is 4. The van der Waals surface area contributed by atoms with Gasteiger partial charge in [-0.15, -0.1) is 0 Å². The Morgan fingerprint density at radius 1 is 1.17 bits per heavy atom. The van der Waals surface area contributed by atoms with Gasteiger partial charge < -0.3 is 20.4 Å². The summed E-state index contributed by atoms with van der Waals surface area (Å²) >= 11 is 0. The summed E-state index contributed by atoms with van der Waals surface area (Å²) in [7, 11) is 0. The Morgan fingerprint density at radius 2 is 1.83 bits per heavy atom. The first-order valence-corrected chi connectivity index (χ1v) is 4.07. The van der Waals surface area contributed by atoms with E-state index in [1.807, 2.05) is 0 Å². The number of aliphatic hydroxyl groups excluding tert-OH is 4.